The molecule has 1 aliphatic rings. The first-order chi connectivity index (χ1) is 6.68. The highest BCUT2D eigenvalue weighted by atomic mass is 19.1. The smallest absolute Gasteiger partial charge is 0.123 e. The topological polar surface area (TPSA) is 12.0 Å². The van der Waals surface area contributed by atoms with E-state index in [-0.39, 0.29) is 5.82 Å². The lowest BCUT2D eigenvalue weighted by atomic mass is 9.90. The number of benzene rings is 1. The van der Waals surface area contributed by atoms with Crippen molar-refractivity contribution in [2.45, 2.75) is 32.2 Å². The van der Waals surface area contributed by atoms with E-state index in [0.29, 0.717) is 12.0 Å². The standard InChI is InChI=1S/C12H16FN/c1-8-7-10(13)3-4-11(8)12-5-6-14-9(12)2/h3-4,7,9,12,14H,5-6H2,1-2H3. The Kier molecular flexibility index (Phi) is 2.55. The maximum atomic E-state index is 12.9. The van der Waals surface area contributed by atoms with Crippen LogP contribution in [0.2, 0.25) is 0 Å². The molecular weight excluding hydrogens is 177 g/mol. The van der Waals surface area contributed by atoms with Crippen LogP contribution in [0.25, 0.3) is 0 Å². The van der Waals surface area contributed by atoms with Crippen LogP contribution in [0.5, 0.6) is 0 Å². The second kappa shape index (κ2) is 3.70. The average molecular weight is 193 g/mol. The van der Waals surface area contributed by atoms with Gasteiger partial charge in [0.25, 0.3) is 0 Å². The summed E-state index contributed by atoms with van der Waals surface area (Å²) in [6.45, 7) is 5.26. The van der Waals surface area contributed by atoms with Crippen LogP contribution < -0.4 is 5.32 Å². The average Bonchev–Trinajstić information content (AvgIpc) is 2.52. The van der Waals surface area contributed by atoms with Crippen molar-refractivity contribution >= 4 is 0 Å². The molecule has 1 fully saturated rings. The van der Waals surface area contributed by atoms with Crippen LogP contribution >= 0.6 is 0 Å². The molecule has 0 spiro atoms. The molecule has 1 N–H and O–H groups in total. The Hall–Kier alpha value is -0.890. The second-order valence-electron chi connectivity index (χ2n) is 4.14. The van der Waals surface area contributed by atoms with Crippen molar-refractivity contribution in [1.29, 1.82) is 0 Å². The van der Waals surface area contributed by atoms with Crippen LogP contribution in [0.1, 0.15) is 30.4 Å². The lowest BCUT2D eigenvalue weighted by Gasteiger charge is -2.17. The van der Waals surface area contributed by atoms with E-state index in [1.54, 1.807) is 12.1 Å². The van der Waals surface area contributed by atoms with E-state index in [0.717, 1.165) is 18.5 Å². The van der Waals surface area contributed by atoms with Gasteiger partial charge in [0.2, 0.25) is 0 Å². The summed E-state index contributed by atoms with van der Waals surface area (Å²) in [6, 6.07) is 5.63. The predicted molar refractivity (Wildman–Crippen MR) is 56.0 cm³/mol. The third-order valence-corrected chi connectivity index (χ3v) is 3.16. The van der Waals surface area contributed by atoms with Crippen LogP contribution in [-0.2, 0) is 0 Å². The van der Waals surface area contributed by atoms with Crippen molar-refractivity contribution < 1.29 is 4.39 Å². The Morgan fingerprint density at radius 3 is 2.79 bits per heavy atom. The van der Waals surface area contributed by atoms with Gasteiger partial charge in [0.1, 0.15) is 5.82 Å². The Bertz CT molecular complexity index is 335. The monoisotopic (exact) mass is 193 g/mol. The van der Waals surface area contributed by atoms with Crippen LogP contribution in [0.3, 0.4) is 0 Å². The third kappa shape index (κ3) is 1.67. The molecule has 1 saturated heterocycles. The van der Waals surface area contributed by atoms with E-state index >= 15 is 0 Å². The Labute approximate surface area is 84.3 Å². The van der Waals surface area contributed by atoms with Crippen molar-refractivity contribution in [2.24, 2.45) is 0 Å². The van der Waals surface area contributed by atoms with Gasteiger partial charge in [-0.1, -0.05) is 6.07 Å². The van der Waals surface area contributed by atoms with Gasteiger partial charge in [-0.05, 0) is 50.1 Å². The maximum absolute atomic E-state index is 12.9. The number of hydrogen-bond donors (Lipinski definition) is 1. The Morgan fingerprint density at radius 2 is 2.21 bits per heavy atom. The number of hydrogen-bond acceptors (Lipinski definition) is 1. The third-order valence-electron chi connectivity index (χ3n) is 3.16. The molecule has 0 amide bonds. The van der Waals surface area contributed by atoms with Gasteiger partial charge >= 0.3 is 0 Å². The number of aryl methyl sites for hydroxylation is 1. The molecule has 1 aliphatic heterocycles. The van der Waals surface area contributed by atoms with Crippen molar-refractivity contribution in [2.75, 3.05) is 6.54 Å². The largest absolute Gasteiger partial charge is 0.314 e. The minimum Gasteiger partial charge on any atom is -0.314 e. The minimum absolute atomic E-state index is 0.134. The predicted octanol–water partition coefficient (Wildman–Crippen LogP) is 2.60. The molecule has 0 aliphatic carbocycles. The molecule has 0 aromatic heterocycles. The molecule has 0 bridgehead atoms. The Balaban J connectivity index is 2.31. The van der Waals surface area contributed by atoms with E-state index in [4.69, 9.17) is 0 Å². The first-order valence-electron chi connectivity index (χ1n) is 5.18. The summed E-state index contributed by atoms with van der Waals surface area (Å²) in [5.74, 6) is 0.417. The normalized spacial score (nSPS) is 26.8. The summed E-state index contributed by atoms with van der Waals surface area (Å²) in [7, 11) is 0. The molecule has 1 nitrogen and oxygen atoms in total. The van der Waals surface area contributed by atoms with Gasteiger partial charge in [0, 0.05) is 12.0 Å². The number of halogens is 1. The van der Waals surface area contributed by atoms with Crippen molar-refractivity contribution in [3.05, 3.63) is 35.1 Å². The molecule has 0 radical (unpaired) electrons. The first-order valence-corrected chi connectivity index (χ1v) is 5.18. The van der Waals surface area contributed by atoms with Crippen molar-refractivity contribution in [1.82, 2.24) is 5.32 Å². The van der Waals surface area contributed by atoms with E-state index in [1.165, 1.54) is 5.56 Å². The zero-order valence-electron chi connectivity index (χ0n) is 8.68. The number of rotatable bonds is 1. The van der Waals surface area contributed by atoms with E-state index in [2.05, 4.69) is 12.2 Å². The minimum atomic E-state index is -0.134. The molecule has 2 atom stereocenters. The van der Waals surface area contributed by atoms with Crippen molar-refractivity contribution in [3.63, 3.8) is 0 Å². The fourth-order valence-corrected chi connectivity index (χ4v) is 2.34. The van der Waals surface area contributed by atoms with Gasteiger partial charge in [-0.3, -0.25) is 0 Å². The highest BCUT2D eigenvalue weighted by Gasteiger charge is 2.25. The molecule has 2 unspecified atom stereocenters. The molecule has 2 heteroatoms. The van der Waals surface area contributed by atoms with E-state index in [9.17, 15) is 4.39 Å². The first kappa shape index (κ1) is 9.66. The lowest BCUT2D eigenvalue weighted by Crippen LogP contribution is -2.22. The van der Waals surface area contributed by atoms with Crippen LogP contribution in [-0.4, -0.2) is 12.6 Å². The van der Waals surface area contributed by atoms with Gasteiger partial charge in [-0.2, -0.15) is 0 Å². The highest BCUT2D eigenvalue weighted by Crippen LogP contribution is 2.29. The van der Waals surface area contributed by atoms with Crippen LogP contribution in [0.4, 0.5) is 4.39 Å². The molecule has 1 aromatic rings. The van der Waals surface area contributed by atoms with Crippen LogP contribution in [0.15, 0.2) is 18.2 Å². The molecular formula is C12H16FN. The van der Waals surface area contributed by atoms with Crippen molar-refractivity contribution in [3.8, 4) is 0 Å². The summed E-state index contributed by atoms with van der Waals surface area (Å²) in [5, 5.41) is 3.42. The van der Waals surface area contributed by atoms with Gasteiger partial charge in [-0.25, -0.2) is 4.39 Å². The molecule has 1 heterocycles. The molecule has 2 rings (SSSR count). The zero-order chi connectivity index (χ0) is 10.1. The summed E-state index contributed by atoms with van der Waals surface area (Å²) in [6.07, 6.45) is 1.16. The van der Waals surface area contributed by atoms with Gasteiger partial charge in [0.15, 0.2) is 0 Å². The molecule has 1 aromatic carbocycles. The van der Waals surface area contributed by atoms with Gasteiger partial charge in [-0.15, -0.1) is 0 Å². The lowest BCUT2D eigenvalue weighted by molar-refractivity contribution is 0.586. The SMILES string of the molecule is Cc1cc(F)ccc1C1CCNC1C. The van der Waals surface area contributed by atoms with Crippen LogP contribution in [0, 0.1) is 12.7 Å². The summed E-state index contributed by atoms with van der Waals surface area (Å²) >= 11 is 0. The van der Waals surface area contributed by atoms with E-state index < -0.39 is 0 Å². The fraction of sp³-hybridized carbons (Fsp3) is 0.500. The van der Waals surface area contributed by atoms with Gasteiger partial charge < -0.3 is 5.32 Å². The maximum Gasteiger partial charge on any atom is 0.123 e. The number of nitrogens with one attached hydrogen (secondary N) is 1. The molecule has 14 heavy (non-hydrogen) atoms. The van der Waals surface area contributed by atoms with E-state index in [1.807, 2.05) is 13.0 Å². The Morgan fingerprint density at radius 1 is 1.43 bits per heavy atom. The van der Waals surface area contributed by atoms with Gasteiger partial charge in [0.05, 0.1) is 0 Å². The summed E-state index contributed by atoms with van der Waals surface area (Å²) < 4.78 is 12.9. The summed E-state index contributed by atoms with van der Waals surface area (Å²) in [4.78, 5) is 0. The quantitative estimate of drug-likeness (QED) is 0.723. The fourth-order valence-electron chi connectivity index (χ4n) is 2.34. The summed E-state index contributed by atoms with van der Waals surface area (Å²) in [5.41, 5.74) is 2.37. The highest BCUT2D eigenvalue weighted by molar-refractivity contribution is 5.31. The second-order valence-corrected chi connectivity index (χ2v) is 4.14. The molecule has 76 valence electrons. The zero-order valence-corrected chi connectivity index (χ0v) is 8.68. The molecule has 0 saturated carbocycles.